The van der Waals surface area contributed by atoms with Gasteiger partial charge in [0, 0.05) is 25.3 Å². The normalized spacial score (nSPS) is 30.4. The summed E-state index contributed by atoms with van der Waals surface area (Å²) in [5.74, 6) is 0. The molecule has 0 saturated carbocycles. The van der Waals surface area contributed by atoms with Gasteiger partial charge in [0.15, 0.2) is 0 Å². The van der Waals surface area contributed by atoms with E-state index in [9.17, 15) is 0 Å². The van der Waals surface area contributed by atoms with Crippen molar-refractivity contribution < 1.29 is 10.0 Å². The molecule has 2 saturated heterocycles. The molecule has 0 radical (unpaired) electrons. The van der Waals surface area contributed by atoms with Gasteiger partial charge in [0.25, 0.3) is 0 Å². The van der Waals surface area contributed by atoms with Gasteiger partial charge in [0.05, 0.1) is 0 Å². The maximum absolute atomic E-state index is 8.75. The Labute approximate surface area is 97.4 Å². The van der Waals surface area contributed by atoms with E-state index in [0.29, 0.717) is 18.4 Å². The van der Waals surface area contributed by atoms with Crippen molar-refractivity contribution >= 4 is 7.12 Å². The molecule has 0 aromatic rings. The van der Waals surface area contributed by atoms with Crippen LogP contribution in [0.15, 0.2) is 0 Å². The van der Waals surface area contributed by atoms with Crippen LogP contribution in [-0.2, 0) is 0 Å². The molecule has 16 heavy (non-hydrogen) atoms. The number of piperidine rings is 1. The highest BCUT2D eigenvalue weighted by Gasteiger charge is 2.34. The molecule has 6 heteroatoms. The van der Waals surface area contributed by atoms with Crippen molar-refractivity contribution in [2.24, 2.45) is 0 Å². The fraction of sp³-hybridized carbons (Fsp3) is 1.00. The van der Waals surface area contributed by atoms with E-state index >= 15 is 0 Å². The minimum absolute atomic E-state index is 0.497. The molecule has 0 aliphatic carbocycles. The molecule has 5 nitrogen and oxygen atoms in total. The first kappa shape index (κ1) is 12.3. The Morgan fingerprint density at radius 3 is 3.00 bits per heavy atom. The van der Waals surface area contributed by atoms with Crippen molar-refractivity contribution in [1.82, 2.24) is 15.5 Å². The predicted molar refractivity (Wildman–Crippen MR) is 64.0 cm³/mol. The van der Waals surface area contributed by atoms with Crippen molar-refractivity contribution in [3.63, 3.8) is 0 Å². The zero-order valence-electron chi connectivity index (χ0n) is 9.73. The van der Waals surface area contributed by atoms with Crippen molar-refractivity contribution in [3.05, 3.63) is 0 Å². The molecule has 2 aliphatic rings. The number of hydrogen-bond acceptors (Lipinski definition) is 5. The topological polar surface area (TPSA) is 67.8 Å². The Bertz CT molecular complexity index is 218. The fourth-order valence-electron chi connectivity index (χ4n) is 2.73. The highest BCUT2D eigenvalue weighted by atomic mass is 16.4. The SMILES string of the molecule is OB(O)CCCCN1CNC2CNCCC21. The van der Waals surface area contributed by atoms with Gasteiger partial charge < -0.3 is 15.4 Å². The van der Waals surface area contributed by atoms with Gasteiger partial charge in [-0.2, -0.15) is 0 Å². The molecule has 0 aromatic carbocycles. The summed E-state index contributed by atoms with van der Waals surface area (Å²) in [6, 6.07) is 1.29. The standard InChI is InChI=1S/C10H22BN3O2/c15-11(16)4-1-2-6-14-8-13-9-7-12-5-3-10(9)14/h9-10,12-13,15-16H,1-8H2. The summed E-state index contributed by atoms with van der Waals surface area (Å²) in [5.41, 5.74) is 0. The maximum atomic E-state index is 8.75. The largest absolute Gasteiger partial charge is 0.451 e. The van der Waals surface area contributed by atoms with Crippen LogP contribution in [0.5, 0.6) is 0 Å². The van der Waals surface area contributed by atoms with Crippen LogP contribution in [0.2, 0.25) is 6.32 Å². The number of hydrogen-bond donors (Lipinski definition) is 4. The van der Waals surface area contributed by atoms with Gasteiger partial charge in [-0.05, 0) is 32.3 Å². The molecule has 92 valence electrons. The van der Waals surface area contributed by atoms with E-state index in [4.69, 9.17) is 10.0 Å². The molecule has 2 rings (SSSR count). The van der Waals surface area contributed by atoms with Crippen molar-refractivity contribution in [1.29, 1.82) is 0 Å². The van der Waals surface area contributed by atoms with Gasteiger partial charge in [0.1, 0.15) is 0 Å². The third-order valence-corrected chi connectivity index (χ3v) is 3.63. The highest BCUT2D eigenvalue weighted by molar-refractivity contribution is 6.40. The van der Waals surface area contributed by atoms with E-state index < -0.39 is 7.12 Å². The van der Waals surface area contributed by atoms with Crippen LogP contribution in [-0.4, -0.2) is 60.5 Å². The van der Waals surface area contributed by atoms with Crippen LogP contribution in [0.4, 0.5) is 0 Å². The quantitative estimate of drug-likeness (QED) is 0.352. The van der Waals surface area contributed by atoms with Crippen LogP contribution in [0, 0.1) is 0 Å². The number of nitrogens with zero attached hydrogens (tertiary/aromatic N) is 1. The van der Waals surface area contributed by atoms with Gasteiger partial charge in [-0.15, -0.1) is 0 Å². The maximum Gasteiger partial charge on any atom is 0.451 e. The predicted octanol–water partition coefficient (Wildman–Crippen LogP) is -1.17. The second kappa shape index (κ2) is 5.98. The molecule has 2 unspecified atom stereocenters. The minimum Gasteiger partial charge on any atom is -0.427 e. The van der Waals surface area contributed by atoms with Gasteiger partial charge in [-0.3, -0.25) is 10.2 Å². The second-order valence-corrected chi connectivity index (χ2v) is 4.82. The molecule has 0 bridgehead atoms. The molecule has 2 fully saturated rings. The zero-order valence-corrected chi connectivity index (χ0v) is 9.73. The van der Waals surface area contributed by atoms with Gasteiger partial charge in [-0.1, -0.05) is 6.42 Å². The lowest BCUT2D eigenvalue weighted by atomic mass is 9.84. The molecule has 2 atom stereocenters. The molecular weight excluding hydrogens is 205 g/mol. The summed E-state index contributed by atoms with van der Waals surface area (Å²) < 4.78 is 0. The minimum atomic E-state index is -1.14. The lowest BCUT2D eigenvalue weighted by molar-refractivity contribution is 0.211. The first-order valence-electron chi connectivity index (χ1n) is 6.31. The molecule has 2 heterocycles. The van der Waals surface area contributed by atoms with Gasteiger partial charge in [0.2, 0.25) is 0 Å². The monoisotopic (exact) mass is 227 g/mol. The number of nitrogens with one attached hydrogen (secondary N) is 2. The summed E-state index contributed by atoms with van der Waals surface area (Å²) in [7, 11) is -1.14. The zero-order chi connectivity index (χ0) is 11.4. The van der Waals surface area contributed by atoms with E-state index in [2.05, 4.69) is 15.5 Å². The summed E-state index contributed by atoms with van der Waals surface area (Å²) >= 11 is 0. The van der Waals surface area contributed by atoms with Crippen molar-refractivity contribution in [2.45, 2.75) is 37.7 Å². The molecular formula is C10H22BN3O2. The van der Waals surface area contributed by atoms with Crippen molar-refractivity contribution in [3.8, 4) is 0 Å². The summed E-state index contributed by atoms with van der Waals surface area (Å²) in [4.78, 5) is 2.50. The smallest absolute Gasteiger partial charge is 0.427 e. The highest BCUT2D eigenvalue weighted by Crippen LogP contribution is 2.18. The summed E-state index contributed by atoms with van der Waals surface area (Å²) in [6.45, 7) is 4.25. The van der Waals surface area contributed by atoms with Crippen LogP contribution in [0.3, 0.4) is 0 Å². The van der Waals surface area contributed by atoms with E-state index in [1.54, 1.807) is 0 Å². The van der Waals surface area contributed by atoms with Gasteiger partial charge in [-0.25, -0.2) is 0 Å². The lowest BCUT2D eigenvalue weighted by Crippen LogP contribution is -2.49. The van der Waals surface area contributed by atoms with Gasteiger partial charge >= 0.3 is 7.12 Å². The average molecular weight is 227 g/mol. The second-order valence-electron chi connectivity index (χ2n) is 4.82. The number of unbranched alkanes of at least 4 members (excludes halogenated alkanes) is 1. The number of fused-ring (bicyclic) bond motifs is 1. The third kappa shape index (κ3) is 3.18. The Balaban J connectivity index is 1.66. The average Bonchev–Trinajstić information content (AvgIpc) is 2.68. The molecule has 2 aliphatic heterocycles. The molecule has 4 N–H and O–H groups in total. The van der Waals surface area contributed by atoms with Crippen LogP contribution in [0.25, 0.3) is 0 Å². The van der Waals surface area contributed by atoms with E-state index in [1.165, 1.54) is 6.42 Å². The van der Waals surface area contributed by atoms with E-state index in [1.807, 2.05) is 0 Å². The Kier molecular flexibility index (Phi) is 4.60. The van der Waals surface area contributed by atoms with E-state index in [0.717, 1.165) is 39.1 Å². The molecule has 0 aromatic heterocycles. The summed E-state index contributed by atoms with van der Waals surface area (Å²) in [5, 5.41) is 24.4. The van der Waals surface area contributed by atoms with E-state index in [-0.39, 0.29) is 0 Å². The summed E-state index contributed by atoms with van der Waals surface area (Å²) in [6.07, 6.45) is 3.66. The lowest BCUT2D eigenvalue weighted by Gasteiger charge is -2.31. The Morgan fingerprint density at radius 2 is 2.19 bits per heavy atom. The van der Waals surface area contributed by atoms with Crippen LogP contribution in [0.1, 0.15) is 19.3 Å². The first-order chi connectivity index (χ1) is 7.77. The number of rotatable bonds is 5. The Morgan fingerprint density at radius 1 is 1.31 bits per heavy atom. The first-order valence-corrected chi connectivity index (χ1v) is 6.31. The fourth-order valence-corrected chi connectivity index (χ4v) is 2.73. The van der Waals surface area contributed by atoms with Crippen LogP contribution >= 0.6 is 0 Å². The third-order valence-electron chi connectivity index (χ3n) is 3.63. The Hall–Kier alpha value is -0.135. The molecule has 0 amide bonds. The molecule has 0 spiro atoms. The van der Waals surface area contributed by atoms with Crippen molar-refractivity contribution in [2.75, 3.05) is 26.3 Å². The van der Waals surface area contributed by atoms with Crippen LogP contribution < -0.4 is 10.6 Å².